The lowest BCUT2D eigenvalue weighted by molar-refractivity contribution is -0.161. The third kappa shape index (κ3) is 3.86. The van der Waals surface area contributed by atoms with E-state index >= 15 is 0 Å². The summed E-state index contributed by atoms with van der Waals surface area (Å²) in [4.78, 5) is 16.0. The SMILES string of the molecule is COC(=O)[C@]1(C)CCC[C@]2(C)c3cc(OC)c(CC(=S)N4CCOCC4)cc3CC[C@@H]12. The zero-order chi connectivity index (χ0) is 22.2. The highest BCUT2D eigenvalue weighted by Crippen LogP contribution is 2.58. The summed E-state index contributed by atoms with van der Waals surface area (Å²) < 4.78 is 16.6. The van der Waals surface area contributed by atoms with Gasteiger partial charge in [-0.15, -0.1) is 0 Å². The molecule has 0 spiro atoms. The van der Waals surface area contributed by atoms with Gasteiger partial charge in [0.2, 0.25) is 0 Å². The van der Waals surface area contributed by atoms with Crippen LogP contribution in [0.25, 0.3) is 0 Å². The number of morpholine rings is 1. The molecule has 0 bridgehead atoms. The first-order valence-corrected chi connectivity index (χ1v) is 11.9. The van der Waals surface area contributed by atoms with Gasteiger partial charge in [0, 0.05) is 25.1 Å². The second-order valence-corrected chi connectivity index (χ2v) is 10.2. The van der Waals surface area contributed by atoms with Gasteiger partial charge in [0.05, 0.1) is 37.8 Å². The highest BCUT2D eigenvalue weighted by Gasteiger charge is 2.55. The van der Waals surface area contributed by atoms with Crippen LogP contribution in [0.3, 0.4) is 0 Å². The van der Waals surface area contributed by atoms with E-state index < -0.39 is 5.41 Å². The zero-order valence-electron chi connectivity index (χ0n) is 19.3. The van der Waals surface area contributed by atoms with E-state index in [9.17, 15) is 4.79 Å². The molecule has 6 heteroatoms. The summed E-state index contributed by atoms with van der Waals surface area (Å²) in [7, 11) is 3.26. The molecule has 4 rings (SSSR count). The highest BCUT2D eigenvalue weighted by molar-refractivity contribution is 7.80. The van der Waals surface area contributed by atoms with Crippen LogP contribution in [0.5, 0.6) is 5.75 Å². The molecule has 1 saturated heterocycles. The summed E-state index contributed by atoms with van der Waals surface area (Å²) in [5, 5.41) is 0. The van der Waals surface area contributed by atoms with E-state index in [0.29, 0.717) is 6.42 Å². The quantitative estimate of drug-likeness (QED) is 0.514. The molecule has 5 nitrogen and oxygen atoms in total. The maximum absolute atomic E-state index is 12.8. The first kappa shape index (κ1) is 22.5. The van der Waals surface area contributed by atoms with Crippen LogP contribution in [0, 0.1) is 11.3 Å². The Kier molecular flexibility index (Phi) is 6.32. The topological polar surface area (TPSA) is 48.0 Å². The van der Waals surface area contributed by atoms with Gasteiger partial charge < -0.3 is 19.1 Å². The number of thiocarbonyl (C=S) groups is 1. The van der Waals surface area contributed by atoms with E-state index in [2.05, 4.69) is 30.9 Å². The number of hydrogen-bond donors (Lipinski definition) is 0. The summed E-state index contributed by atoms with van der Waals surface area (Å²) in [5.74, 6) is 1.12. The number of hydrogen-bond acceptors (Lipinski definition) is 5. The molecule has 1 heterocycles. The van der Waals surface area contributed by atoms with Gasteiger partial charge in [-0.3, -0.25) is 4.79 Å². The molecule has 2 aliphatic carbocycles. The van der Waals surface area contributed by atoms with Crippen LogP contribution in [-0.4, -0.2) is 56.4 Å². The Morgan fingerprint density at radius 2 is 1.97 bits per heavy atom. The maximum Gasteiger partial charge on any atom is 0.311 e. The van der Waals surface area contributed by atoms with Crippen molar-refractivity contribution in [2.75, 3.05) is 40.5 Å². The van der Waals surface area contributed by atoms with Crippen molar-refractivity contribution in [3.05, 3.63) is 28.8 Å². The third-order valence-corrected chi connectivity index (χ3v) is 8.51. The fourth-order valence-corrected chi connectivity index (χ4v) is 6.78. The molecule has 1 aromatic rings. The fourth-order valence-electron chi connectivity index (χ4n) is 6.44. The molecule has 3 atom stereocenters. The van der Waals surface area contributed by atoms with Crippen molar-refractivity contribution in [3.8, 4) is 5.75 Å². The van der Waals surface area contributed by atoms with Gasteiger partial charge in [-0.2, -0.15) is 0 Å². The van der Waals surface area contributed by atoms with Gasteiger partial charge in [0.1, 0.15) is 5.75 Å². The maximum atomic E-state index is 12.8. The predicted octanol–water partition coefficient (Wildman–Crippen LogP) is 4.08. The predicted molar refractivity (Wildman–Crippen MR) is 125 cm³/mol. The van der Waals surface area contributed by atoms with Crippen LogP contribution in [0.4, 0.5) is 0 Å². The van der Waals surface area contributed by atoms with Gasteiger partial charge >= 0.3 is 5.97 Å². The zero-order valence-corrected chi connectivity index (χ0v) is 20.1. The molecule has 1 saturated carbocycles. The second kappa shape index (κ2) is 8.70. The van der Waals surface area contributed by atoms with Crippen molar-refractivity contribution in [3.63, 3.8) is 0 Å². The summed E-state index contributed by atoms with van der Waals surface area (Å²) in [6.07, 6.45) is 5.72. The molecule has 1 aromatic carbocycles. The normalized spacial score (nSPS) is 30.2. The molecular weight excluding hydrogens is 410 g/mol. The van der Waals surface area contributed by atoms with E-state index in [-0.39, 0.29) is 17.3 Å². The molecule has 0 aromatic heterocycles. The minimum Gasteiger partial charge on any atom is -0.496 e. The minimum absolute atomic E-state index is 0.0503. The van der Waals surface area contributed by atoms with Crippen molar-refractivity contribution in [1.82, 2.24) is 4.90 Å². The van der Waals surface area contributed by atoms with E-state index in [1.807, 2.05) is 0 Å². The fraction of sp³-hybridized carbons (Fsp3) is 0.680. The van der Waals surface area contributed by atoms with Gasteiger partial charge in [-0.25, -0.2) is 0 Å². The second-order valence-electron chi connectivity index (χ2n) is 9.76. The monoisotopic (exact) mass is 445 g/mol. The average molecular weight is 446 g/mol. The van der Waals surface area contributed by atoms with E-state index in [4.69, 9.17) is 26.4 Å². The molecule has 0 N–H and O–H groups in total. The van der Waals surface area contributed by atoms with Gasteiger partial charge in [-0.05, 0) is 61.1 Å². The highest BCUT2D eigenvalue weighted by atomic mass is 32.1. The Balaban J connectivity index is 1.66. The standard InChI is InChI=1S/C25H35NO4S/c1-24-8-5-9-25(2,23(27)29-4)21(24)7-6-17-14-18(20(28-3)16-19(17)24)15-22(31)26-10-12-30-13-11-26/h14,16,21H,5-13,15H2,1-4H3/t21-,24-,25-/m1/s1. The Labute approximate surface area is 191 Å². The number of esters is 1. The summed E-state index contributed by atoms with van der Waals surface area (Å²) >= 11 is 5.77. The number of rotatable bonds is 4. The largest absolute Gasteiger partial charge is 0.496 e. The summed E-state index contributed by atoms with van der Waals surface area (Å²) in [5.41, 5.74) is 3.41. The molecule has 31 heavy (non-hydrogen) atoms. The Morgan fingerprint density at radius 3 is 2.65 bits per heavy atom. The van der Waals surface area contributed by atoms with Gasteiger partial charge in [0.15, 0.2) is 0 Å². The van der Waals surface area contributed by atoms with Crippen molar-refractivity contribution in [2.45, 2.75) is 57.8 Å². The molecule has 1 aliphatic heterocycles. The number of methoxy groups -OCH3 is 2. The molecule has 2 fully saturated rings. The summed E-state index contributed by atoms with van der Waals surface area (Å²) in [6.45, 7) is 7.64. The number of aryl methyl sites for hydroxylation is 1. The lowest BCUT2D eigenvalue weighted by atomic mass is 9.49. The smallest absolute Gasteiger partial charge is 0.311 e. The Bertz CT molecular complexity index is 865. The first-order valence-electron chi connectivity index (χ1n) is 11.5. The van der Waals surface area contributed by atoms with Crippen LogP contribution >= 0.6 is 12.2 Å². The number of benzene rings is 1. The van der Waals surface area contributed by atoms with Crippen LogP contribution in [-0.2, 0) is 32.5 Å². The molecule has 0 unspecified atom stereocenters. The van der Waals surface area contributed by atoms with Crippen LogP contribution in [0.2, 0.25) is 0 Å². The van der Waals surface area contributed by atoms with Gasteiger partial charge in [-0.1, -0.05) is 31.6 Å². The Hall–Kier alpha value is -1.66. The molecular formula is C25H35NO4S. The summed E-state index contributed by atoms with van der Waals surface area (Å²) in [6, 6.07) is 4.55. The number of carbonyl (C=O) groups excluding carboxylic acids is 1. The number of ether oxygens (including phenoxy) is 3. The first-order chi connectivity index (χ1) is 14.8. The number of carbonyl (C=O) groups is 1. The van der Waals surface area contributed by atoms with E-state index in [1.165, 1.54) is 18.2 Å². The number of fused-ring (bicyclic) bond motifs is 3. The average Bonchev–Trinajstić information content (AvgIpc) is 2.78. The van der Waals surface area contributed by atoms with E-state index in [0.717, 1.165) is 74.7 Å². The molecule has 3 aliphatic rings. The van der Waals surface area contributed by atoms with Crippen molar-refractivity contribution >= 4 is 23.2 Å². The lowest BCUT2D eigenvalue weighted by Crippen LogP contribution is -2.52. The third-order valence-electron chi connectivity index (χ3n) is 8.11. The van der Waals surface area contributed by atoms with Crippen molar-refractivity contribution < 1.29 is 19.0 Å². The van der Waals surface area contributed by atoms with Crippen LogP contribution < -0.4 is 4.74 Å². The number of nitrogens with zero attached hydrogens (tertiary/aromatic N) is 1. The van der Waals surface area contributed by atoms with Crippen molar-refractivity contribution in [1.29, 1.82) is 0 Å². The van der Waals surface area contributed by atoms with Crippen LogP contribution in [0.15, 0.2) is 12.1 Å². The minimum atomic E-state index is -0.427. The van der Waals surface area contributed by atoms with E-state index in [1.54, 1.807) is 7.11 Å². The molecule has 0 amide bonds. The molecule has 170 valence electrons. The van der Waals surface area contributed by atoms with Gasteiger partial charge in [0.25, 0.3) is 0 Å². The Morgan fingerprint density at radius 1 is 1.23 bits per heavy atom. The molecule has 0 radical (unpaired) electrons. The van der Waals surface area contributed by atoms with Crippen molar-refractivity contribution in [2.24, 2.45) is 11.3 Å². The van der Waals surface area contributed by atoms with Crippen LogP contribution in [0.1, 0.15) is 56.2 Å². The lowest BCUT2D eigenvalue weighted by Gasteiger charge is -2.54.